The number of hydrogen-bond acceptors (Lipinski definition) is 3. The maximum atomic E-state index is 11.5. The number of aliphatic hydroxyl groups excluding tert-OH is 1. The Morgan fingerprint density at radius 2 is 2.00 bits per heavy atom. The van der Waals surface area contributed by atoms with Crippen LogP contribution in [-0.2, 0) is 16.1 Å². The van der Waals surface area contributed by atoms with E-state index in [0.29, 0.717) is 0 Å². The summed E-state index contributed by atoms with van der Waals surface area (Å²) < 4.78 is 5.09. The third-order valence-electron chi connectivity index (χ3n) is 2.92. The molecule has 1 aromatic rings. The summed E-state index contributed by atoms with van der Waals surface area (Å²) in [6.45, 7) is 4.19. The Morgan fingerprint density at radius 3 is 2.59 bits per heavy atom. The highest BCUT2D eigenvalue weighted by Gasteiger charge is 2.17. The van der Waals surface area contributed by atoms with Gasteiger partial charge in [0, 0.05) is 0 Å². The largest absolute Gasteiger partial charge is 0.461 e. The second kappa shape index (κ2) is 7.07. The van der Waals surface area contributed by atoms with Crippen LogP contribution in [-0.4, -0.2) is 17.2 Å². The highest BCUT2D eigenvalue weighted by atomic mass is 16.5. The fourth-order valence-corrected chi connectivity index (χ4v) is 1.44. The lowest BCUT2D eigenvalue weighted by molar-refractivity contribution is -0.147. The lowest BCUT2D eigenvalue weighted by Crippen LogP contribution is -2.22. The molecule has 17 heavy (non-hydrogen) atoms. The number of carbonyl (C=O) groups is 1. The van der Waals surface area contributed by atoms with E-state index in [1.165, 1.54) is 0 Å². The van der Waals surface area contributed by atoms with Crippen molar-refractivity contribution in [1.29, 1.82) is 0 Å². The zero-order valence-electron chi connectivity index (χ0n) is 10.4. The molecule has 0 fully saturated rings. The molecule has 0 aliphatic heterocycles. The summed E-state index contributed by atoms with van der Waals surface area (Å²) in [6, 6.07) is 9.52. The van der Waals surface area contributed by atoms with E-state index in [-0.39, 0.29) is 24.9 Å². The van der Waals surface area contributed by atoms with Crippen LogP contribution < -0.4 is 0 Å². The summed E-state index contributed by atoms with van der Waals surface area (Å²) in [4.78, 5) is 11.5. The number of aliphatic hydroxyl groups is 1. The zero-order chi connectivity index (χ0) is 12.7. The van der Waals surface area contributed by atoms with Crippen LogP contribution in [0.5, 0.6) is 0 Å². The van der Waals surface area contributed by atoms with E-state index >= 15 is 0 Å². The van der Waals surface area contributed by atoms with Crippen molar-refractivity contribution in [3.63, 3.8) is 0 Å². The molecule has 0 aliphatic rings. The van der Waals surface area contributed by atoms with Gasteiger partial charge >= 0.3 is 5.97 Å². The van der Waals surface area contributed by atoms with Crippen LogP contribution in [0.25, 0.3) is 0 Å². The lowest BCUT2D eigenvalue weighted by atomic mass is 9.99. The standard InChI is InChI=1S/C14H20O3/c1-3-11(2)13(15)9-14(16)17-10-12-7-5-4-6-8-12/h4-8,11,13,15H,3,9-10H2,1-2H3/t11-,13+/m1/s1. The molecule has 0 unspecified atom stereocenters. The quantitative estimate of drug-likeness (QED) is 0.772. The summed E-state index contributed by atoms with van der Waals surface area (Å²) in [5.74, 6) is -0.221. The molecule has 3 heteroatoms. The van der Waals surface area contributed by atoms with Gasteiger partial charge in [0.2, 0.25) is 0 Å². The molecule has 0 saturated carbocycles. The number of rotatable bonds is 6. The van der Waals surface area contributed by atoms with Gasteiger partial charge in [0.25, 0.3) is 0 Å². The lowest BCUT2D eigenvalue weighted by Gasteiger charge is -2.16. The minimum Gasteiger partial charge on any atom is -0.461 e. The molecule has 1 rings (SSSR count). The first-order valence-corrected chi connectivity index (χ1v) is 6.01. The van der Waals surface area contributed by atoms with Gasteiger partial charge in [0.1, 0.15) is 6.61 Å². The van der Waals surface area contributed by atoms with E-state index in [0.717, 1.165) is 12.0 Å². The van der Waals surface area contributed by atoms with E-state index in [1.807, 2.05) is 44.2 Å². The number of hydrogen-bond donors (Lipinski definition) is 1. The third-order valence-corrected chi connectivity index (χ3v) is 2.92. The van der Waals surface area contributed by atoms with E-state index in [9.17, 15) is 9.90 Å². The van der Waals surface area contributed by atoms with Gasteiger partial charge in [-0.1, -0.05) is 50.6 Å². The molecule has 1 N–H and O–H groups in total. The summed E-state index contributed by atoms with van der Waals surface area (Å²) >= 11 is 0. The Bertz CT molecular complexity index is 335. The van der Waals surface area contributed by atoms with Gasteiger partial charge in [0.05, 0.1) is 12.5 Å². The molecule has 94 valence electrons. The average Bonchev–Trinajstić information content (AvgIpc) is 2.36. The molecule has 0 saturated heterocycles. The molecule has 0 bridgehead atoms. The molecule has 0 amide bonds. The Hall–Kier alpha value is -1.35. The molecular formula is C14H20O3. The van der Waals surface area contributed by atoms with Crippen LogP contribution in [0.2, 0.25) is 0 Å². The van der Waals surface area contributed by atoms with Crippen LogP contribution in [0.15, 0.2) is 30.3 Å². The predicted octanol–water partition coefficient (Wildman–Crippen LogP) is 2.53. The minimum absolute atomic E-state index is 0.0713. The van der Waals surface area contributed by atoms with Gasteiger partial charge in [0.15, 0.2) is 0 Å². The van der Waals surface area contributed by atoms with Crippen LogP contribution in [0.1, 0.15) is 32.3 Å². The first-order valence-electron chi connectivity index (χ1n) is 6.01. The molecule has 0 heterocycles. The summed E-state index contributed by atoms with van der Waals surface area (Å²) in [6.07, 6.45) is 0.317. The van der Waals surface area contributed by atoms with Crippen molar-refractivity contribution < 1.29 is 14.6 Å². The number of benzene rings is 1. The monoisotopic (exact) mass is 236 g/mol. The van der Waals surface area contributed by atoms with Gasteiger partial charge in [-0.3, -0.25) is 4.79 Å². The highest BCUT2D eigenvalue weighted by Crippen LogP contribution is 2.12. The highest BCUT2D eigenvalue weighted by molar-refractivity contribution is 5.70. The third kappa shape index (κ3) is 5.00. The van der Waals surface area contributed by atoms with Crippen LogP contribution in [0.3, 0.4) is 0 Å². The minimum atomic E-state index is -0.608. The fourth-order valence-electron chi connectivity index (χ4n) is 1.44. The molecule has 3 nitrogen and oxygen atoms in total. The molecule has 2 atom stereocenters. The Balaban J connectivity index is 2.31. The van der Waals surface area contributed by atoms with E-state index < -0.39 is 6.10 Å². The normalized spacial score (nSPS) is 14.1. The Kier molecular flexibility index (Phi) is 5.70. The van der Waals surface area contributed by atoms with Crippen molar-refractivity contribution in [2.45, 2.75) is 39.4 Å². The zero-order valence-corrected chi connectivity index (χ0v) is 10.4. The first-order chi connectivity index (χ1) is 8.13. The van der Waals surface area contributed by atoms with Gasteiger partial charge in [-0.15, -0.1) is 0 Å². The molecule has 1 aromatic carbocycles. The summed E-state index contributed by atoms with van der Waals surface area (Å²) in [5, 5.41) is 9.68. The van der Waals surface area contributed by atoms with Crippen molar-refractivity contribution in [1.82, 2.24) is 0 Å². The molecule has 0 spiro atoms. The number of carbonyl (C=O) groups excluding carboxylic acids is 1. The Morgan fingerprint density at radius 1 is 1.35 bits per heavy atom. The van der Waals surface area contributed by atoms with E-state index in [1.54, 1.807) is 0 Å². The van der Waals surface area contributed by atoms with Crippen molar-refractivity contribution in [2.75, 3.05) is 0 Å². The predicted molar refractivity (Wildman–Crippen MR) is 66.3 cm³/mol. The maximum absolute atomic E-state index is 11.5. The molecule has 0 radical (unpaired) electrons. The smallest absolute Gasteiger partial charge is 0.308 e. The second-order valence-corrected chi connectivity index (χ2v) is 4.30. The summed E-state index contributed by atoms with van der Waals surface area (Å²) in [7, 11) is 0. The van der Waals surface area contributed by atoms with Crippen molar-refractivity contribution in [3.05, 3.63) is 35.9 Å². The van der Waals surface area contributed by atoms with Gasteiger partial charge in [-0.2, -0.15) is 0 Å². The maximum Gasteiger partial charge on any atom is 0.308 e. The van der Waals surface area contributed by atoms with Crippen molar-refractivity contribution >= 4 is 5.97 Å². The average molecular weight is 236 g/mol. The first kappa shape index (κ1) is 13.7. The SMILES string of the molecule is CC[C@@H](C)[C@@H](O)CC(=O)OCc1ccccc1. The Labute approximate surface area is 102 Å². The molecule has 0 aliphatic carbocycles. The van der Waals surface area contributed by atoms with Gasteiger partial charge in [-0.25, -0.2) is 0 Å². The number of ether oxygens (including phenoxy) is 1. The topological polar surface area (TPSA) is 46.5 Å². The summed E-state index contributed by atoms with van der Waals surface area (Å²) in [5.41, 5.74) is 0.957. The van der Waals surface area contributed by atoms with E-state index in [4.69, 9.17) is 4.74 Å². The molecular weight excluding hydrogens is 216 g/mol. The molecule has 0 aromatic heterocycles. The van der Waals surface area contributed by atoms with Crippen molar-refractivity contribution in [2.24, 2.45) is 5.92 Å². The van der Waals surface area contributed by atoms with Crippen molar-refractivity contribution in [3.8, 4) is 0 Å². The van der Waals surface area contributed by atoms with Crippen LogP contribution in [0.4, 0.5) is 0 Å². The second-order valence-electron chi connectivity index (χ2n) is 4.30. The fraction of sp³-hybridized carbons (Fsp3) is 0.500. The van der Waals surface area contributed by atoms with E-state index in [2.05, 4.69) is 0 Å². The van der Waals surface area contributed by atoms with Gasteiger partial charge in [-0.05, 0) is 11.5 Å². The van der Waals surface area contributed by atoms with Gasteiger partial charge < -0.3 is 9.84 Å². The number of esters is 1. The van der Waals surface area contributed by atoms with Crippen LogP contribution >= 0.6 is 0 Å². The van der Waals surface area contributed by atoms with Crippen LogP contribution in [0, 0.1) is 5.92 Å².